The molecule has 0 spiro atoms. The van der Waals surface area contributed by atoms with Crippen LogP contribution in [0.3, 0.4) is 0 Å². The Kier molecular flexibility index (Phi) is 3.08. The molecule has 1 amide bonds. The Morgan fingerprint density at radius 1 is 1.20 bits per heavy atom. The van der Waals surface area contributed by atoms with E-state index >= 15 is 0 Å². The summed E-state index contributed by atoms with van der Waals surface area (Å²) in [5.41, 5.74) is 1.47. The third kappa shape index (κ3) is 2.61. The first-order valence-electron chi connectivity index (χ1n) is 4.38. The minimum Gasteiger partial charge on any atom is -0.321 e. The van der Waals surface area contributed by atoms with Crippen LogP contribution in [0.5, 0.6) is 0 Å². The molecule has 0 radical (unpaired) electrons. The highest BCUT2D eigenvalue weighted by Crippen LogP contribution is 2.14. The van der Waals surface area contributed by atoms with Crippen LogP contribution in [0.25, 0.3) is 0 Å². The monoisotopic (exact) mass is 235 g/mol. The second-order valence-electron chi connectivity index (χ2n) is 3.01. The molecule has 1 aromatic carbocycles. The van der Waals surface area contributed by atoms with Crippen molar-refractivity contribution >= 4 is 35.6 Å². The molecule has 76 valence electrons. The van der Waals surface area contributed by atoms with Gasteiger partial charge in [0.2, 0.25) is 0 Å². The maximum absolute atomic E-state index is 11.7. The topological polar surface area (TPSA) is 29.1 Å². The second kappa shape index (κ2) is 4.51. The molecule has 0 aliphatic rings. The van der Waals surface area contributed by atoms with Crippen LogP contribution < -0.4 is 5.32 Å². The maximum Gasteiger partial charge on any atom is 0.255 e. The summed E-state index contributed by atoms with van der Waals surface area (Å²) in [6.45, 7) is 0. The van der Waals surface area contributed by atoms with Gasteiger partial charge >= 0.3 is 0 Å². The fourth-order valence-corrected chi connectivity index (χ4v) is 1.89. The van der Waals surface area contributed by atoms with Gasteiger partial charge < -0.3 is 5.32 Å². The number of nitrogens with one attached hydrogen (secondary N) is 1. The predicted octanol–water partition coefficient (Wildman–Crippen LogP) is 3.29. The van der Waals surface area contributed by atoms with Gasteiger partial charge in [0.25, 0.3) is 5.91 Å². The van der Waals surface area contributed by atoms with Gasteiger partial charge in [0.1, 0.15) is 0 Å². The van der Waals surface area contributed by atoms with E-state index in [9.17, 15) is 4.79 Å². The number of rotatable bonds is 2. The average molecular weight is 235 g/mol. The summed E-state index contributed by atoms with van der Waals surface area (Å²) >= 11 is 5.71. The normalized spacial score (nSPS) is 9.93. The highest BCUT2D eigenvalue weighted by Gasteiger charge is 2.05. The third-order valence-corrected chi connectivity index (χ3v) is 2.89. The zero-order valence-corrected chi connectivity index (χ0v) is 9.52. The minimum absolute atomic E-state index is 0.0956. The van der Waals surface area contributed by atoms with E-state index in [0.717, 1.165) is 10.6 Å². The van der Waals surface area contributed by atoms with Crippen LogP contribution in [0, 0.1) is 0 Å². The molecule has 4 heteroatoms. The molecule has 0 aliphatic heterocycles. The number of carbonyl (C=O) groups excluding carboxylic acids is 1. The number of carbonyl (C=O) groups is 1. The van der Waals surface area contributed by atoms with E-state index in [1.807, 2.05) is 16.8 Å². The van der Waals surface area contributed by atoms with Gasteiger partial charge in [-0.05, 0) is 35.7 Å². The summed E-state index contributed by atoms with van der Waals surface area (Å²) in [5.74, 6) is -0.0956. The first-order valence-corrected chi connectivity index (χ1v) is 5.77. The molecule has 0 aliphatic carbocycles. The fraction of sp³-hybridized carbons (Fsp3) is 0. The molecule has 2 rings (SSSR count). The van der Waals surface area contributed by atoms with E-state index in [-0.39, 0.29) is 5.91 Å². The largest absolute Gasteiger partial charge is 0.321 e. The number of benzene rings is 1. The van der Waals surface area contributed by atoms with Gasteiger partial charge in [-0.25, -0.2) is 0 Å². The van der Waals surface area contributed by atoms with E-state index in [2.05, 4.69) is 17.9 Å². The van der Waals surface area contributed by atoms with Crippen molar-refractivity contribution in [3.8, 4) is 0 Å². The molecule has 0 atom stereocenters. The molecule has 2 nitrogen and oxygen atoms in total. The Morgan fingerprint density at radius 2 is 1.93 bits per heavy atom. The van der Waals surface area contributed by atoms with Crippen LogP contribution >= 0.6 is 24.0 Å². The number of thiophene rings is 1. The molecule has 0 bridgehead atoms. The van der Waals surface area contributed by atoms with Crippen molar-refractivity contribution in [1.82, 2.24) is 0 Å². The van der Waals surface area contributed by atoms with Gasteiger partial charge in [-0.15, -0.1) is 12.6 Å². The van der Waals surface area contributed by atoms with Gasteiger partial charge in [0.15, 0.2) is 0 Å². The number of amides is 1. The number of anilines is 1. The average Bonchev–Trinajstić information content (AvgIpc) is 2.71. The van der Waals surface area contributed by atoms with Gasteiger partial charge in [-0.1, -0.05) is 0 Å². The summed E-state index contributed by atoms with van der Waals surface area (Å²) < 4.78 is 0. The Morgan fingerprint density at radius 3 is 2.53 bits per heavy atom. The number of thiol groups is 1. The summed E-state index contributed by atoms with van der Waals surface area (Å²) in [4.78, 5) is 12.5. The maximum atomic E-state index is 11.7. The zero-order chi connectivity index (χ0) is 10.7. The minimum atomic E-state index is -0.0956. The highest BCUT2D eigenvalue weighted by atomic mass is 32.1. The van der Waals surface area contributed by atoms with Crippen LogP contribution in [0.1, 0.15) is 10.4 Å². The van der Waals surface area contributed by atoms with Crippen molar-refractivity contribution < 1.29 is 4.79 Å². The van der Waals surface area contributed by atoms with E-state index < -0.39 is 0 Å². The van der Waals surface area contributed by atoms with Gasteiger partial charge in [0, 0.05) is 15.8 Å². The standard InChI is InChI=1S/C11H9NOS2/c13-11(12-9-5-6-15-7-9)8-1-3-10(14)4-2-8/h1-7,14H,(H,12,13). The van der Waals surface area contributed by atoms with Crippen LogP contribution in [-0.4, -0.2) is 5.91 Å². The first-order chi connectivity index (χ1) is 7.25. The van der Waals surface area contributed by atoms with Crippen molar-refractivity contribution in [2.24, 2.45) is 0 Å². The summed E-state index contributed by atoms with van der Waals surface area (Å²) in [6, 6.07) is 8.97. The number of hydrogen-bond acceptors (Lipinski definition) is 3. The second-order valence-corrected chi connectivity index (χ2v) is 4.31. The van der Waals surface area contributed by atoms with E-state index in [1.165, 1.54) is 0 Å². The Labute approximate surface area is 97.4 Å². The molecule has 0 fully saturated rings. The van der Waals surface area contributed by atoms with Crippen LogP contribution in [-0.2, 0) is 0 Å². The molecular weight excluding hydrogens is 226 g/mol. The summed E-state index contributed by atoms with van der Waals surface area (Å²) in [5, 5.41) is 6.62. The van der Waals surface area contributed by atoms with E-state index in [4.69, 9.17) is 0 Å². The quantitative estimate of drug-likeness (QED) is 0.768. The molecule has 2 aromatic rings. The molecule has 1 heterocycles. The molecule has 15 heavy (non-hydrogen) atoms. The first kappa shape index (κ1) is 10.3. The fourth-order valence-electron chi connectivity index (χ4n) is 1.15. The van der Waals surface area contributed by atoms with Crippen LogP contribution in [0.15, 0.2) is 46.0 Å². The van der Waals surface area contributed by atoms with E-state index in [1.54, 1.807) is 35.6 Å². The lowest BCUT2D eigenvalue weighted by molar-refractivity contribution is 0.102. The molecule has 0 unspecified atom stereocenters. The van der Waals surface area contributed by atoms with Crippen molar-refractivity contribution in [2.75, 3.05) is 5.32 Å². The van der Waals surface area contributed by atoms with Gasteiger partial charge in [-0.2, -0.15) is 11.3 Å². The zero-order valence-electron chi connectivity index (χ0n) is 7.81. The molecule has 1 aromatic heterocycles. The molecule has 1 N–H and O–H groups in total. The lowest BCUT2D eigenvalue weighted by Crippen LogP contribution is -2.10. The van der Waals surface area contributed by atoms with Gasteiger partial charge in [0.05, 0.1) is 5.69 Å². The SMILES string of the molecule is O=C(Nc1ccsc1)c1ccc(S)cc1. The smallest absolute Gasteiger partial charge is 0.255 e. The lowest BCUT2D eigenvalue weighted by atomic mass is 10.2. The third-order valence-electron chi connectivity index (χ3n) is 1.91. The van der Waals surface area contributed by atoms with Crippen LogP contribution in [0.4, 0.5) is 5.69 Å². The van der Waals surface area contributed by atoms with Crippen molar-refractivity contribution in [2.45, 2.75) is 4.90 Å². The Balaban J connectivity index is 2.11. The van der Waals surface area contributed by atoms with Crippen LogP contribution in [0.2, 0.25) is 0 Å². The molecular formula is C11H9NOS2. The molecule has 0 saturated heterocycles. The van der Waals surface area contributed by atoms with Crippen molar-refractivity contribution in [3.05, 3.63) is 46.7 Å². The number of hydrogen-bond donors (Lipinski definition) is 2. The van der Waals surface area contributed by atoms with Crippen molar-refractivity contribution in [1.29, 1.82) is 0 Å². The Bertz CT molecular complexity index is 448. The predicted molar refractivity (Wildman–Crippen MR) is 66.0 cm³/mol. The summed E-state index contributed by atoms with van der Waals surface area (Å²) in [6.07, 6.45) is 0. The Hall–Kier alpha value is -1.26. The highest BCUT2D eigenvalue weighted by molar-refractivity contribution is 7.80. The van der Waals surface area contributed by atoms with Crippen molar-refractivity contribution in [3.63, 3.8) is 0 Å². The van der Waals surface area contributed by atoms with E-state index in [0.29, 0.717) is 5.56 Å². The summed E-state index contributed by atoms with van der Waals surface area (Å²) in [7, 11) is 0. The molecule has 0 saturated carbocycles. The lowest BCUT2D eigenvalue weighted by Gasteiger charge is -2.02. The van der Waals surface area contributed by atoms with Gasteiger partial charge in [-0.3, -0.25) is 4.79 Å².